The Morgan fingerprint density at radius 1 is 0.299 bits per heavy atom. The highest BCUT2D eigenvalue weighted by Gasteiger charge is 2.46. The zero-order valence-corrected chi connectivity index (χ0v) is 37.6. The van der Waals surface area contributed by atoms with Crippen molar-refractivity contribution >= 4 is 42.3 Å². The van der Waals surface area contributed by atoms with Gasteiger partial charge in [-0.25, -0.2) is 0 Å². The zero-order valence-electron chi connectivity index (χ0n) is 36.8. The summed E-state index contributed by atoms with van der Waals surface area (Å²) in [6.45, 7) is 0. The predicted octanol–water partition coefficient (Wildman–Crippen LogP) is 17.8. The maximum Gasteiger partial charge on any atom is 0.0713 e. The Morgan fingerprint density at radius 3 is 1.60 bits per heavy atom. The fourth-order valence-electron chi connectivity index (χ4n) is 11.2. The van der Waals surface area contributed by atoms with Gasteiger partial charge in [-0.15, -0.1) is 11.3 Å². The van der Waals surface area contributed by atoms with E-state index in [9.17, 15) is 0 Å². The van der Waals surface area contributed by atoms with E-state index in [-0.39, 0.29) is 5.92 Å². The average Bonchev–Trinajstić information content (AvgIpc) is 3.93. The summed E-state index contributed by atoms with van der Waals surface area (Å²) in [7, 11) is 0. The lowest BCUT2D eigenvalue weighted by Crippen LogP contribution is -2.28. The topological polar surface area (TPSA) is 0 Å². The molecule has 1 aliphatic carbocycles. The number of hydrogen-bond acceptors (Lipinski definition) is 1. The molecule has 1 heterocycles. The molecular formula is C66H44S. The van der Waals surface area contributed by atoms with Crippen molar-refractivity contribution in [2.45, 2.75) is 11.3 Å². The first-order valence-corrected chi connectivity index (χ1v) is 24.1. The van der Waals surface area contributed by atoms with Crippen LogP contribution in [0.4, 0.5) is 0 Å². The van der Waals surface area contributed by atoms with Crippen LogP contribution in [0.15, 0.2) is 261 Å². The summed E-state index contributed by atoms with van der Waals surface area (Å²) in [5.74, 6) is -0.0610. The lowest BCUT2D eigenvalue weighted by molar-refractivity contribution is 0.765. The molecule has 0 aliphatic heterocycles. The maximum absolute atomic E-state index is 2.54. The SMILES string of the molecule is c1ccc(C2(c3ccccc3)c3ccccc3-c3ccc(C(c4cccc(-c5cccc(-c6cccc7c6sc6ccccc67)c5)c4)c4cccc(-c5ccc6ccccc6c5)c4)cc32)cc1. The van der Waals surface area contributed by atoms with E-state index in [1.807, 2.05) is 11.3 Å². The zero-order chi connectivity index (χ0) is 44.3. The third kappa shape index (κ3) is 6.50. The quantitative estimate of drug-likeness (QED) is 0.134. The summed E-state index contributed by atoms with van der Waals surface area (Å²) in [5.41, 5.74) is 18.4. The van der Waals surface area contributed by atoms with Crippen LogP contribution >= 0.6 is 11.3 Å². The van der Waals surface area contributed by atoms with Crippen molar-refractivity contribution in [2.24, 2.45) is 0 Å². The monoisotopic (exact) mass is 868 g/mol. The van der Waals surface area contributed by atoms with Gasteiger partial charge >= 0.3 is 0 Å². The molecule has 1 aromatic heterocycles. The summed E-state index contributed by atoms with van der Waals surface area (Å²) < 4.78 is 2.66. The Kier molecular flexibility index (Phi) is 9.44. The second-order valence-electron chi connectivity index (χ2n) is 17.9. The lowest BCUT2D eigenvalue weighted by Gasteiger charge is -2.34. The Hall–Kier alpha value is -8.10. The summed E-state index contributed by atoms with van der Waals surface area (Å²) in [6, 6.07) is 97.4. The summed E-state index contributed by atoms with van der Waals surface area (Å²) >= 11 is 1.89. The van der Waals surface area contributed by atoms with Crippen molar-refractivity contribution in [2.75, 3.05) is 0 Å². The Balaban J connectivity index is 1.00. The largest absolute Gasteiger partial charge is 0.135 e. The third-order valence-electron chi connectivity index (χ3n) is 14.2. The number of rotatable bonds is 8. The van der Waals surface area contributed by atoms with Crippen molar-refractivity contribution in [1.29, 1.82) is 0 Å². The standard InChI is InChI=1S/C66H44S/c1-3-25-54(26-4-1)66(55-27-5-2-6-28-55)61-33-11-9-29-57(61)58-38-37-53(43-62(58)66)64(52-24-15-21-48(42-52)49-36-35-44-17-7-8-18-45(44)39-49)51-23-14-20-47(41-51)46-19-13-22-50(40-46)56-31-16-32-60-59-30-10-12-34-63(59)67-65(56)60/h1-43,64H. The van der Waals surface area contributed by atoms with Gasteiger partial charge < -0.3 is 0 Å². The molecule has 0 fully saturated rings. The maximum atomic E-state index is 2.54. The van der Waals surface area contributed by atoms with E-state index in [4.69, 9.17) is 0 Å². The fourth-order valence-corrected chi connectivity index (χ4v) is 12.5. The third-order valence-corrected chi connectivity index (χ3v) is 15.5. The van der Waals surface area contributed by atoms with Crippen LogP contribution in [-0.4, -0.2) is 0 Å². The first-order chi connectivity index (χ1) is 33.2. The van der Waals surface area contributed by atoms with Gasteiger partial charge in [0.2, 0.25) is 0 Å². The molecule has 0 bridgehead atoms. The molecule has 1 heteroatoms. The molecule has 0 N–H and O–H groups in total. The van der Waals surface area contributed by atoms with Gasteiger partial charge in [0.1, 0.15) is 0 Å². The Labute approximate surface area is 395 Å². The Bertz CT molecular complexity index is 3780. The van der Waals surface area contributed by atoms with Crippen molar-refractivity contribution < 1.29 is 0 Å². The number of thiophene rings is 1. The van der Waals surface area contributed by atoms with Gasteiger partial charge in [-0.3, -0.25) is 0 Å². The Morgan fingerprint density at radius 2 is 0.836 bits per heavy atom. The minimum Gasteiger partial charge on any atom is -0.135 e. The highest BCUT2D eigenvalue weighted by atomic mass is 32.1. The highest BCUT2D eigenvalue weighted by Crippen LogP contribution is 2.57. The van der Waals surface area contributed by atoms with Crippen LogP contribution in [0.25, 0.3) is 75.5 Å². The minimum atomic E-state index is -0.499. The molecule has 0 spiro atoms. The molecule has 11 aromatic carbocycles. The van der Waals surface area contributed by atoms with Gasteiger partial charge in [-0.1, -0.05) is 243 Å². The summed E-state index contributed by atoms with van der Waals surface area (Å²) in [4.78, 5) is 0. The van der Waals surface area contributed by atoms with Gasteiger partial charge in [0.15, 0.2) is 0 Å². The van der Waals surface area contributed by atoms with Crippen molar-refractivity contribution in [3.05, 3.63) is 300 Å². The normalized spacial score (nSPS) is 13.1. The van der Waals surface area contributed by atoms with Crippen LogP contribution in [0.5, 0.6) is 0 Å². The lowest BCUT2D eigenvalue weighted by atomic mass is 9.67. The van der Waals surface area contributed by atoms with Crippen LogP contribution in [0.3, 0.4) is 0 Å². The molecule has 0 radical (unpaired) electrons. The van der Waals surface area contributed by atoms with E-state index < -0.39 is 5.41 Å². The fraction of sp³-hybridized carbons (Fsp3) is 0.0303. The second kappa shape index (κ2) is 16.1. The summed E-state index contributed by atoms with van der Waals surface area (Å²) in [6.07, 6.45) is 0. The van der Waals surface area contributed by atoms with Crippen molar-refractivity contribution in [3.8, 4) is 44.5 Å². The second-order valence-corrected chi connectivity index (χ2v) is 19.0. The van der Waals surface area contributed by atoms with Gasteiger partial charge in [-0.2, -0.15) is 0 Å². The molecule has 12 aromatic rings. The average molecular weight is 869 g/mol. The van der Waals surface area contributed by atoms with E-state index >= 15 is 0 Å². The molecular weight excluding hydrogens is 825 g/mol. The van der Waals surface area contributed by atoms with E-state index in [0.29, 0.717) is 0 Å². The number of benzene rings is 11. The minimum absolute atomic E-state index is 0.0610. The first kappa shape index (κ1) is 39.3. The summed E-state index contributed by atoms with van der Waals surface area (Å²) in [5, 5.41) is 5.14. The molecule has 0 nitrogen and oxygen atoms in total. The van der Waals surface area contributed by atoms with Crippen molar-refractivity contribution in [3.63, 3.8) is 0 Å². The molecule has 1 atom stereocenters. The van der Waals surface area contributed by atoms with E-state index in [0.717, 1.165) is 0 Å². The van der Waals surface area contributed by atoms with E-state index in [1.54, 1.807) is 0 Å². The van der Waals surface area contributed by atoms with Gasteiger partial charge in [0.05, 0.1) is 5.41 Å². The number of hydrogen-bond donors (Lipinski definition) is 0. The van der Waals surface area contributed by atoms with E-state index in [1.165, 1.54) is 114 Å². The molecule has 0 amide bonds. The van der Waals surface area contributed by atoms with Crippen LogP contribution in [-0.2, 0) is 5.41 Å². The molecule has 314 valence electrons. The van der Waals surface area contributed by atoms with Crippen LogP contribution in [0, 0.1) is 0 Å². The smallest absolute Gasteiger partial charge is 0.0713 e. The predicted molar refractivity (Wildman–Crippen MR) is 284 cm³/mol. The highest BCUT2D eigenvalue weighted by molar-refractivity contribution is 7.26. The number of fused-ring (bicyclic) bond motifs is 7. The molecule has 1 unspecified atom stereocenters. The molecule has 0 saturated heterocycles. The molecule has 13 rings (SSSR count). The molecule has 0 saturated carbocycles. The van der Waals surface area contributed by atoms with Gasteiger partial charge in [-0.05, 0) is 112 Å². The van der Waals surface area contributed by atoms with Crippen molar-refractivity contribution in [1.82, 2.24) is 0 Å². The molecule has 67 heavy (non-hydrogen) atoms. The van der Waals surface area contributed by atoms with Gasteiger partial charge in [0.25, 0.3) is 0 Å². The first-order valence-electron chi connectivity index (χ1n) is 23.3. The molecule has 1 aliphatic rings. The van der Waals surface area contributed by atoms with E-state index in [2.05, 4.69) is 261 Å². The van der Waals surface area contributed by atoms with Crippen LogP contribution < -0.4 is 0 Å². The van der Waals surface area contributed by atoms with Crippen LogP contribution in [0.2, 0.25) is 0 Å². The van der Waals surface area contributed by atoms with Crippen LogP contribution in [0.1, 0.15) is 44.9 Å². The van der Waals surface area contributed by atoms with Gasteiger partial charge in [0, 0.05) is 26.1 Å².